The van der Waals surface area contributed by atoms with Gasteiger partial charge in [0.05, 0.1) is 23.2 Å². The summed E-state index contributed by atoms with van der Waals surface area (Å²) in [4.78, 5) is 6.80. The molecule has 1 saturated heterocycles. The number of halogens is 1. The van der Waals surface area contributed by atoms with E-state index in [1.807, 2.05) is 18.3 Å². The lowest BCUT2D eigenvalue weighted by Gasteiger charge is -2.39. The maximum absolute atomic E-state index is 5.69. The van der Waals surface area contributed by atoms with E-state index in [-0.39, 0.29) is 6.10 Å². The number of anilines is 1. The van der Waals surface area contributed by atoms with Gasteiger partial charge in [-0.25, -0.2) is 4.98 Å². The van der Waals surface area contributed by atoms with Gasteiger partial charge in [0.25, 0.3) is 0 Å². The van der Waals surface area contributed by atoms with Crippen LogP contribution in [0.4, 0.5) is 5.82 Å². The first-order valence-electron chi connectivity index (χ1n) is 5.71. The summed E-state index contributed by atoms with van der Waals surface area (Å²) in [5, 5.41) is 0. The number of ether oxygens (including phenoxy) is 1. The molecule has 4 heteroatoms. The first-order chi connectivity index (χ1) is 7.72. The number of aromatic nitrogens is 1. The molecule has 2 heterocycles. The van der Waals surface area contributed by atoms with E-state index in [0.717, 1.165) is 29.9 Å². The maximum atomic E-state index is 5.69. The topological polar surface area (TPSA) is 25.4 Å². The minimum Gasteiger partial charge on any atom is -0.375 e. The Labute approximate surface area is 105 Å². The molecule has 1 aliphatic rings. The Kier molecular flexibility index (Phi) is 3.82. The fraction of sp³-hybridized carbons (Fsp3) is 0.583. The second-order valence-electron chi connectivity index (χ2n) is 4.17. The normalized spacial score (nSPS) is 25.8. The van der Waals surface area contributed by atoms with E-state index in [1.54, 1.807) is 0 Å². The van der Waals surface area contributed by atoms with Crippen molar-refractivity contribution in [3.8, 4) is 0 Å². The van der Waals surface area contributed by atoms with Gasteiger partial charge in [-0.15, -0.1) is 0 Å². The lowest BCUT2D eigenvalue weighted by molar-refractivity contribution is 0.0295. The molecule has 0 saturated carbocycles. The van der Waals surface area contributed by atoms with Gasteiger partial charge in [0.15, 0.2) is 0 Å². The highest BCUT2D eigenvalue weighted by Crippen LogP contribution is 2.28. The average Bonchev–Trinajstić information content (AvgIpc) is 2.29. The Morgan fingerprint density at radius 2 is 2.44 bits per heavy atom. The van der Waals surface area contributed by atoms with Crippen LogP contribution in [0.1, 0.15) is 20.3 Å². The molecule has 88 valence electrons. The van der Waals surface area contributed by atoms with E-state index in [9.17, 15) is 0 Å². The Morgan fingerprint density at radius 1 is 1.62 bits per heavy atom. The van der Waals surface area contributed by atoms with E-state index in [1.165, 1.54) is 0 Å². The minimum absolute atomic E-state index is 0.275. The summed E-state index contributed by atoms with van der Waals surface area (Å²) >= 11 is 3.56. The van der Waals surface area contributed by atoms with Crippen LogP contribution < -0.4 is 4.90 Å². The summed E-state index contributed by atoms with van der Waals surface area (Å²) in [6, 6.07) is 4.41. The number of nitrogens with zero attached hydrogens (tertiary/aromatic N) is 2. The van der Waals surface area contributed by atoms with Crippen LogP contribution >= 0.6 is 15.9 Å². The van der Waals surface area contributed by atoms with Crippen LogP contribution in [0.25, 0.3) is 0 Å². The number of morpholine rings is 1. The second-order valence-corrected chi connectivity index (χ2v) is 5.02. The Balaban J connectivity index is 2.26. The van der Waals surface area contributed by atoms with E-state index in [0.29, 0.717) is 6.04 Å². The molecule has 1 aliphatic heterocycles. The summed E-state index contributed by atoms with van der Waals surface area (Å²) in [6.45, 7) is 6.00. The molecule has 16 heavy (non-hydrogen) atoms. The van der Waals surface area contributed by atoms with E-state index >= 15 is 0 Å². The summed E-state index contributed by atoms with van der Waals surface area (Å²) in [5.41, 5.74) is 0. The monoisotopic (exact) mass is 284 g/mol. The van der Waals surface area contributed by atoms with Gasteiger partial charge in [0.2, 0.25) is 0 Å². The molecule has 0 bridgehead atoms. The number of rotatable bonds is 2. The van der Waals surface area contributed by atoms with E-state index < -0.39 is 0 Å². The molecule has 1 fully saturated rings. The van der Waals surface area contributed by atoms with Crippen molar-refractivity contribution in [2.45, 2.75) is 32.4 Å². The maximum Gasteiger partial charge on any atom is 0.143 e. The summed E-state index contributed by atoms with van der Waals surface area (Å²) in [5.74, 6) is 1.03. The van der Waals surface area contributed by atoms with Crippen molar-refractivity contribution < 1.29 is 4.74 Å². The number of hydrogen-bond donors (Lipinski definition) is 0. The molecule has 0 spiro atoms. The molecule has 0 aliphatic carbocycles. The molecule has 1 aromatic rings. The van der Waals surface area contributed by atoms with Crippen LogP contribution in [0.2, 0.25) is 0 Å². The predicted molar refractivity (Wildman–Crippen MR) is 68.8 cm³/mol. The number of hydrogen-bond acceptors (Lipinski definition) is 3. The lowest BCUT2D eigenvalue weighted by atomic mass is 10.1. The van der Waals surface area contributed by atoms with Crippen LogP contribution in [0.15, 0.2) is 22.8 Å². The summed E-state index contributed by atoms with van der Waals surface area (Å²) in [7, 11) is 0. The van der Waals surface area contributed by atoms with Crippen molar-refractivity contribution in [1.82, 2.24) is 4.98 Å². The molecule has 0 radical (unpaired) electrons. The zero-order valence-electron chi connectivity index (χ0n) is 9.69. The van der Waals surface area contributed by atoms with Gasteiger partial charge < -0.3 is 9.64 Å². The third-order valence-electron chi connectivity index (χ3n) is 2.95. The minimum atomic E-state index is 0.275. The van der Waals surface area contributed by atoms with Crippen molar-refractivity contribution in [2.24, 2.45) is 0 Å². The zero-order chi connectivity index (χ0) is 11.5. The predicted octanol–water partition coefficient (Wildman–Crippen LogP) is 2.85. The SMILES string of the molecule is CCC1COC(C)CN1c1ncccc1Br. The first-order valence-corrected chi connectivity index (χ1v) is 6.50. The van der Waals surface area contributed by atoms with E-state index in [2.05, 4.69) is 39.7 Å². The zero-order valence-corrected chi connectivity index (χ0v) is 11.3. The van der Waals surface area contributed by atoms with Crippen molar-refractivity contribution in [2.75, 3.05) is 18.1 Å². The highest BCUT2D eigenvalue weighted by molar-refractivity contribution is 9.10. The second kappa shape index (κ2) is 5.15. The summed E-state index contributed by atoms with van der Waals surface area (Å²) < 4.78 is 6.75. The van der Waals surface area contributed by atoms with Crippen molar-refractivity contribution in [3.63, 3.8) is 0 Å². The molecule has 3 nitrogen and oxygen atoms in total. The number of pyridine rings is 1. The molecule has 2 unspecified atom stereocenters. The van der Waals surface area contributed by atoms with Crippen molar-refractivity contribution in [1.29, 1.82) is 0 Å². The van der Waals surface area contributed by atoms with Gasteiger partial charge in [-0.1, -0.05) is 6.92 Å². The largest absolute Gasteiger partial charge is 0.375 e. The molecule has 0 aromatic carbocycles. The summed E-state index contributed by atoms with van der Waals surface area (Å²) in [6.07, 6.45) is 3.19. The smallest absolute Gasteiger partial charge is 0.143 e. The standard InChI is InChI=1S/C12H17BrN2O/c1-3-10-8-16-9(2)7-15(10)12-11(13)5-4-6-14-12/h4-6,9-10H,3,7-8H2,1-2H3. The van der Waals surface area contributed by atoms with Crippen LogP contribution in [0, 0.1) is 0 Å². The van der Waals surface area contributed by atoms with Gasteiger partial charge >= 0.3 is 0 Å². The van der Waals surface area contributed by atoms with Crippen LogP contribution in [0.3, 0.4) is 0 Å². The lowest BCUT2D eigenvalue weighted by Crippen LogP contribution is -2.49. The third kappa shape index (κ3) is 2.38. The molecule has 0 N–H and O–H groups in total. The van der Waals surface area contributed by atoms with Crippen molar-refractivity contribution >= 4 is 21.7 Å². The van der Waals surface area contributed by atoms with Gasteiger partial charge in [0, 0.05) is 12.7 Å². The molecule has 2 atom stereocenters. The highest BCUT2D eigenvalue weighted by Gasteiger charge is 2.27. The molecule has 1 aromatic heterocycles. The Bertz CT molecular complexity index is 359. The molecule has 2 rings (SSSR count). The van der Waals surface area contributed by atoms with Gasteiger partial charge in [-0.3, -0.25) is 0 Å². The van der Waals surface area contributed by atoms with E-state index in [4.69, 9.17) is 4.74 Å². The third-order valence-corrected chi connectivity index (χ3v) is 3.57. The van der Waals surface area contributed by atoms with Gasteiger partial charge in [-0.2, -0.15) is 0 Å². The van der Waals surface area contributed by atoms with Crippen LogP contribution in [-0.4, -0.2) is 30.3 Å². The van der Waals surface area contributed by atoms with Crippen LogP contribution in [0.5, 0.6) is 0 Å². The highest BCUT2D eigenvalue weighted by atomic mass is 79.9. The fourth-order valence-electron chi connectivity index (χ4n) is 2.03. The van der Waals surface area contributed by atoms with Crippen molar-refractivity contribution in [3.05, 3.63) is 22.8 Å². The molecule has 0 amide bonds. The Morgan fingerprint density at radius 3 is 3.12 bits per heavy atom. The molecular weight excluding hydrogens is 268 g/mol. The van der Waals surface area contributed by atoms with Gasteiger partial charge in [-0.05, 0) is 41.4 Å². The Hall–Kier alpha value is -0.610. The molecular formula is C12H17BrN2O. The first kappa shape index (κ1) is 11.9. The fourth-order valence-corrected chi connectivity index (χ4v) is 2.51. The average molecular weight is 285 g/mol. The van der Waals surface area contributed by atoms with Crippen LogP contribution in [-0.2, 0) is 4.74 Å². The van der Waals surface area contributed by atoms with Gasteiger partial charge in [0.1, 0.15) is 5.82 Å². The quantitative estimate of drug-likeness (QED) is 0.835.